The molecule has 0 heterocycles. The summed E-state index contributed by atoms with van der Waals surface area (Å²) in [6.07, 6.45) is -5.09. The van der Waals surface area contributed by atoms with E-state index in [2.05, 4.69) is 0 Å². The van der Waals surface area contributed by atoms with Gasteiger partial charge in [0.2, 0.25) is 19.9 Å². The fourth-order valence-electron chi connectivity index (χ4n) is 2.28. The SMILES string of the molecule is CCNS(=O)(=O)c1cc(S(=O)(=O)c2ccccc2)cc(N)c1C(F)(F)F. The molecule has 2 rings (SSSR count). The van der Waals surface area contributed by atoms with E-state index in [9.17, 15) is 30.0 Å². The number of nitrogens with two attached hydrogens (primary N) is 1. The van der Waals surface area contributed by atoms with Crippen LogP contribution in [-0.2, 0) is 26.0 Å². The van der Waals surface area contributed by atoms with Gasteiger partial charge in [-0.3, -0.25) is 0 Å². The number of nitrogens with one attached hydrogen (secondary N) is 1. The number of anilines is 1. The molecule has 0 atom stereocenters. The van der Waals surface area contributed by atoms with E-state index in [1.54, 1.807) is 6.07 Å². The molecule has 2 aromatic rings. The van der Waals surface area contributed by atoms with Crippen molar-refractivity contribution in [3.8, 4) is 0 Å². The van der Waals surface area contributed by atoms with Crippen molar-refractivity contribution in [3.63, 3.8) is 0 Å². The Hall–Kier alpha value is -2.11. The first-order valence-corrected chi connectivity index (χ1v) is 10.2. The monoisotopic (exact) mass is 408 g/mol. The highest BCUT2D eigenvalue weighted by atomic mass is 32.2. The predicted octanol–water partition coefficient (Wildman–Crippen LogP) is 2.42. The molecular formula is C15H15F3N2O4S2. The van der Waals surface area contributed by atoms with Crippen molar-refractivity contribution in [3.05, 3.63) is 48.0 Å². The smallest absolute Gasteiger partial charge is 0.398 e. The fourth-order valence-corrected chi connectivity index (χ4v) is 5.02. The molecule has 142 valence electrons. The van der Waals surface area contributed by atoms with Crippen molar-refractivity contribution in [2.24, 2.45) is 0 Å². The number of halogens is 3. The zero-order valence-corrected chi connectivity index (χ0v) is 15.0. The topological polar surface area (TPSA) is 106 Å². The Kier molecular flexibility index (Phi) is 5.36. The summed E-state index contributed by atoms with van der Waals surface area (Å²) < 4.78 is 91.5. The van der Waals surface area contributed by atoms with Gasteiger partial charge in [0.05, 0.1) is 20.2 Å². The number of benzene rings is 2. The van der Waals surface area contributed by atoms with E-state index >= 15 is 0 Å². The second kappa shape index (κ2) is 6.89. The van der Waals surface area contributed by atoms with Crippen LogP contribution in [0.5, 0.6) is 0 Å². The van der Waals surface area contributed by atoms with Crippen molar-refractivity contribution in [2.75, 3.05) is 12.3 Å². The first kappa shape index (κ1) is 20.2. The van der Waals surface area contributed by atoms with Crippen LogP contribution in [0.15, 0.2) is 57.2 Å². The minimum Gasteiger partial charge on any atom is -0.398 e. The van der Waals surface area contributed by atoms with Crippen LogP contribution in [0.1, 0.15) is 12.5 Å². The lowest BCUT2D eigenvalue weighted by atomic mass is 10.2. The Morgan fingerprint density at radius 2 is 1.58 bits per heavy atom. The summed E-state index contributed by atoms with van der Waals surface area (Å²) >= 11 is 0. The molecule has 2 aromatic carbocycles. The van der Waals surface area contributed by atoms with Crippen molar-refractivity contribution in [2.45, 2.75) is 27.8 Å². The number of sulfonamides is 1. The Bertz CT molecular complexity index is 1020. The van der Waals surface area contributed by atoms with Crippen molar-refractivity contribution in [1.29, 1.82) is 0 Å². The van der Waals surface area contributed by atoms with Gasteiger partial charge in [-0.2, -0.15) is 13.2 Å². The quantitative estimate of drug-likeness (QED) is 0.739. The van der Waals surface area contributed by atoms with Crippen molar-refractivity contribution >= 4 is 25.5 Å². The van der Waals surface area contributed by atoms with Crippen LogP contribution >= 0.6 is 0 Å². The largest absolute Gasteiger partial charge is 0.419 e. The molecule has 0 bridgehead atoms. The van der Waals surface area contributed by atoms with Gasteiger partial charge in [0.1, 0.15) is 0 Å². The molecule has 0 saturated carbocycles. The molecule has 0 aromatic heterocycles. The molecule has 0 aliphatic rings. The lowest BCUT2D eigenvalue weighted by Gasteiger charge is -2.17. The molecule has 0 aliphatic heterocycles. The van der Waals surface area contributed by atoms with Crippen LogP contribution in [-0.4, -0.2) is 23.4 Å². The van der Waals surface area contributed by atoms with Gasteiger partial charge in [-0.25, -0.2) is 21.6 Å². The van der Waals surface area contributed by atoms with Gasteiger partial charge in [0.15, 0.2) is 0 Å². The van der Waals surface area contributed by atoms with Gasteiger partial charge in [0, 0.05) is 12.2 Å². The highest BCUT2D eigenvalue weighted by molar-refractivity contribution is 7.91. The maximum Gasteiger partial charge on any atom is 0.419 e. The molecule has 0 saturated heterocycles. The summed E-state index contributed by atoms with van der Waals surface area (Å²) in [4.78, 5) is -2.09. The second-order valence-corrected chi connectivity index (χ2v) is 8.89. The van der Waals surface area contributed by atoms with Crippen LogP contribution in [0, 0.1) is 0 Å². The van der Waals surface area contributed by atoms with Crippen LogP contribution in [0.4, 0.5) is 18.9 Å². The van der Waals surface area contributed by atoms with Crippen LogP contribution in [0.3, 0.4) is 0 Å². The van der Waals surface area contributed by atoms with Crippen LogP contribution in [0.2, 0.25) is 0 Å². The summed E-state index contributed by atoms with van der Waals surface area (Å²) in [5.41, 5.74) is 2.80. The lowest BCUT2D eigenvalue weighted by molar-refractivity contribution is -0.139. The van der Waals surface area contributed by atoms with Crippen molar-refractivity contribution < 1.29 is 30.0 Å². The molecule has 3 N–H and O–H groups in total. The number of hydrogen-bond donors (Lipinski definition) is 2. The number of sulfone groups is 1. The zero-order chi connectivity index (χ0) is 19.8. The maximum absolute atomic E-state index is 13.3. The number of hydrogen-bond acceptors (Lipinski definition) is 5. The molecule has 0 unspecified atom stereocenters. The first-order chi connectivity index (χ1) is 11.9. The van der Waals surface area contributed by atoms with Gasteiger partial charge in [0.25, 0.3) is 0 Å². The average molecular weight is 408 g/mol. The van der Waals surface area contributed by atoms with Gasteiger partial charge in [-0.05, 0) is 24.3 Å². The molecule has 6 nitrogen and oxygen atoms in total. The zero-order valence-electron chi connectivity index (χ0n) is 13.4. The summed E-state index contributed by atoms with van der Waals surface area (Å²) in [5.74, 6) is 0. The number of alkyl halides is 3. The normalized spacial score (nSPS) is 12.9. The van der Waals surface area contributed by atoms with E-state index in [-0.39, 0.29) is 11.4 Å². The minimum atomic E-state index is -5.09. The molecule has 0 radical (unpaired) electrons. The average Bonchev–Trinajstić information content (AvgIpc) is 2.53. The maximum atomic E-state index is 13.3. The fraction of sp³-hybridized carbons (Fsp3) is 0.200. The van der Waals surface area contributed by atoms with Crippen molar-refractivity contribution in [1.82, 2.24) is 4.72 Å². The molecule has 0 fully saturated rings. The van der Waals surface area contributed by atoms with Gasteiger partial charge in [-0.1, -0.05) is 25.1 Å². The number of nitrogen functional groups attached to an aromatic ring is 1. The van der Waals surface area contributed by atoms with Crippen LogP contribution in [0.25, 0.3) is 0 Å². The van der Waals surface area contributed by atoms with E-state index in [0.717, 1.165) is 0 Å². The molecular weight excluding hydrogens is 393 g/mol. The Morgan fingerprint density at radius 3 is 2.08 bits per heavy atom. The van der Waals surface area contributed by atoms with E-state index in [1.807, 2.05) is 4.72 Å². The van der Waals surface area contributed by atoms with Gasteiger partial charge >= 0.3 is 6.18 Å². The van der Waals surface area contributed by atoms with Crippen LogP contribution < -0.4 is 10.5 Å². The standard InChI is InChI=1S/C15H15F3N2O4S2/c1-2-20-26(23,24)13-9-11(8-12(19)14(13)15(16,17)18)25(21,22)10-6-4-3-5-7-10/h3-9,20H,2,19H2,1H3. The predicted molar refractivity (Wildman–Crippen MR) is 88.6 cm³/mol. The third-order valence-corrected chi connectivity index (χ3v) is 6.70. The third-order valence-electron chi connectivity index (χ3n) is 3.38. The molecule has 26 heavy (non-hydrogen) atoms. The summed E-state index contributed by atoms with van der Waals surface area (Å²) in [6.45, 7) is 1.19. The lowest BCUT2D eigenvalue weighted by Crippen LogP contribution is -2.27. The van der Waals surface area contributed by atoms with E-state index in [4.69, 9.17) is 5.73 Å². The van der Waals surface area contributed by atoms with Gasteiger partial charge < -0.3 is 5.73 Å². The third kappa shape index (κ3) is 3.84. The number of rotatable bonds is 5. The second-order valence-electron chi connectivity index (χ2n) is 5.20. The molecule has 11 heteroatoms. The Morgan fingerprint density at radius 1 is 1.00 bits per heavy atom. The highest BCUT2D eigenvalue weighted by Crippen LogP contribution is 2.40. The summed E-state index contributed by atoms with van der Waals surface area (Å²) in [6, 6.07) is 7.97. The van der Waals surface area contributed by atoms with E-state index in [0.29, 0.717) is 12.1 Å². The van der Waals surface area contributed by atoms with E-state index in [1.165, 1.54) is 31.2 Å². The summed E-state index contributed by atoms with van der Waals surface area (Å²) in [5, 5.41) is 0. The van der Waals surface area contributed by atoms with Gasteiger partial charge in [-0.15, -0.1) is 0 Å². The Labute approximate surface area is 148 Å². The molecule has 0 spiro atoms. The first-order valence-electron chi connectivity index (χ1n) is 7.21. The Balaban J connectivity index is 2.83. The molecule has 0 amide bonds. The molecule has 0 aliphatic carbocycles. The van der Waals surface area contributed by atoms with E-state index < -0.39 is 47.1 Å². The highest BCUT2D eigenvalue weighted by Gasteiger charge is 2.40. The summed E-state index contributed by atoms with van der Waals surface area (Å²) in [7, 11) is -8.89. The minimum absolute atomic E-state index is 0.185.